The molecule has 2 N–H and O–H groups in total. The number of benzene rings is 1. The Hall–Kier alpha value is -2.47. The van der Waals surface area contributed by atoms with E-state index < -0.39 is 0 Å². The maximum atomic E-state index is 12.4. The van der Waals surface area contributed by atoms with Crippen LogP contribution in [0.2, 0.25) is 0 Å². The van der Waals surface area contributed by atoms with Crippen molar-refractivity contribution in [2.75, 3.05) is 18.5 Å². The lowest BCUT2D eigenvalue weighted by atomic mass is 10.1. The van der Waals surface area contributed by atoms with Gasteiger partial charge in [-0.15, -0.1) is 0 Å². The Morgan fingerprint density at radius 2 is 2.12 bits per heavy atom. The van der Waals surface area contributed by atoms with Crippen LogP contribution < -0.4 is 10.6 Å². The lowest BCUT2D eigenvalue weighted by Gasteiger charge is -2.16. The predicted octanol–water partition coefficient (Wildman–Crippen LogP) is 2.87. The summed E-state index contributed by atoms with van der Waals surface area (Å²) < 4.78 is 5.53. The predicted molar refractivity (Wildman–Crippen MR) is 96.6 cm³/mol. The van der Waals surface area contributed by atoms with Crippen LogP contribution in [0.5, 0.6) is 0 Å². The maximum absolute atomic E-state index is 12.4. The van der Waals surface area contributed by atoms with E-state index in [2.05, 4.69) is 39.7 Å². The average molecular weight is 340 g/mol. The minimum Gasteiger partial charge on any atom is -0.376 e. The lowest BCUT2D eigenvalue weighted by molar-refractivity contribution is 0.0853. The van der Waals surface area contributed by atoms with Gasteiger partial charge in [-0.2, -0.15) is 0 Å². The Morgan fingerprint density at radius 3 is 2.84 bits per heavy atom. The van der Waals surface area contributed by atoms with Gasteiger partial charge in [-0.3, -0.25) is 4.79 Å². The van der Waals surface area contributed by atoms with Gasteiger partial charge in [0.2, 0.25) is 0 Å². The van der Waals surface area contributed by atoms with Crippen LogP contribution in [0.1, 0.15) is 47.7 Å². The zero-order chi connectivity index (χ0) is 17.6. The summed E-state index contributed by atoms with van der Waals surface area (Å²) in [6.07, 6.45) is 2.16. The second kappa shape index (κ2) is 8.07. The van der Waals surface area contributed by atoms with E-state index in [9.17, 15) is 4.79 Å². The number of rotatable bonds is 6. The van der Waals surface area contributed by atoms with E-state index in [0.29, 0.717) is 23.9 Å². The number of nitrogens with one attached hydrogen (secondary N) is 2. The van der Waals surface area contributed by atoms with Crippen molar-refractivity contribution in [3.05, 3.63) is 53.5 Å². The SMILES string of the molecule is Cc1nc(NC(C)c2ccccc2)cc(C(=O)NCC2CCCO2)n1. The van der Waals surface area contributed by atoms with Gasteiger partial charge >= 0.3 is 0 Å². The van der Waals surface area contributed by atoms with Gasteiger partial charge in [0.05, 0.1) is 6.10 Å². The second-order valence-electron chi connectivity index (χ2n) is 6.31. The number of aromatic nitrogens is 2. The van der Waals surface area contributed by atoms with Gasteiger partial charge in [-0.05, 0) is 32.3 Å². The number of aryl methyl sites for hydroxylation is 1. The van der Waals surface area contributed by atoms with E-state index in [1.807, 2.05) is 18.2 Å². The van der Waals surface area contributed by atoms with Gasteiger partial charge in [-0.1, -0.05) is 30.3 Å². The molecule has 0 radical (unpaired) electrons. The molecule has 1 saturated heterocycles. The molecule has 0 spiro atoms. The minimum atomic E-state index is -0.198. The summed E-state index contributed by atoms with van der Waals surface area (Å²) in [5.74, 6) is 1.01. The van der Waals surface area contributed by atoms with Crippen LogP contribution in [-0.4, -0.2) is 35.1 Å². The van der Waals surface area contributed by atoms with Crippen LogP contribution in [0.15, 0.2) is 36.4 Å². The molecule has 1 aliphatic rings. The Balaban J connectivity index is 1.66. The summed E-state index contributed by atoms with van der Waals surface area (Å²) in [5, 5.41) is 6.23. The number of ether oxygens (including phenoxy) is 1. The summed E-state index contributed by atoms with van der Waals surface area (Å²) in [6.45, 7) is 5.14. The van der Waals surface area contributed by atoms with Crippen LogP contribution >= 0.6 is 0 Å². The van der Waals surface area contributed by atoms with E-state index in [1.54, 1.807) is 13.0 Å². The molecule has 1 aromatic carbocycles. The molecule has 25 heavy (non-hydrogen) atoms. The fourth-order valence-electron chi connectivity index (χ4n) is 2.91. The first-order valence-corrected chi connectivity index (χ1v) is 8.69. The monoisotopic (exact) mass is 340 g/mol. The zero-order valence-electron chi connectivity index (χ0n) is 14.7. The highest BCUT2D eigenvalue weighted by molar-refractivity contribution is 5.92. The van der Waals surface area contributed by atoms with Gasteiger partial charge in [0.15, 0.2) is 0 Å². The number of carbonyl (C=O) groups is 1. The molecular formula is C19H24N4O2. The van der Waals surface area contributed by atoms with E-state index in [1.165, 1.54) is 0 Å². The molecule has 132 valence electrons. The van der Waals surface area contributed by atoms with Crippen LogP contribution in [0.3, 0.4) is 0 Å². The number of hydrogen-bond acceptors (Lipinski definition) is 5. The van der Waals surface area contributed by atoms with Crippen molar-refractivity contribution in [2.45, 2.75) is 38.8 Å². The third-order valence-corrected chi connectivity index (χ3v) is 4.25. The molecule has 6 heteroatoms. The van der Waals surface area contributed by atoms with Crippen molar-refractivity contribution >= 4 is 11.7 Å². The van der Waals surface area contributed by atoms with Crippen LogP contribution in [-0.2, 0) is 4.74 Å². The first-order valence-electron chi connectivity index (χ1n) is 8.69. The smallest absolute Gasteiger partial charge is 0.270 e. The molecule has 0 aliphatic carbocycles. The van der Waals surface area contributed by atoms with E-state index >= 15 is 0 Å². The van der Waals surface area contributed by atoms with Crippen molar-refractivity contribution in [1.29, 1.82) is 0 Å². The van der Waals surface area contributed by atoms with Crippen molar-refractivity contribution in [3.8, 4) is 0 Å². The molecule has 1 amide bonds. The van der Waals surface area contributed by atoms with Gasteiger partial charge in [-0.25, -0.2) is 9.97 Å². The largest absolute Gasteiger partial charge is 0.376 e. The molecule has 0 bridgehead atoms. The average Bonchev–Trinajstić information content (AvgIpc) is 3.13. The number of hydrogen-bond donors (Lipinski definition) is 2. The first-order chi connectivity index (χ1) is 12.1. The third-order valence-electron chi connectivity index (χ3n) is 4.25. The van der Waals surface area contributed by atoms with E-state index in [-0.39, 0.29) is 18.1 Å². The van der Waals surface area contributed by atoms with Crippen LogP contribution in [0, 0.1) is 6.92 Å². The number of amides is 1. The van der Waals surface area contributed by atoms with Crippen molar-refractivity contribution in [2.24, 2.45) is 0 Å². The standard InChI is InChI=1S/C19H24N4O2/c1-13(15-7-4-3-5-8-15)21-18-11-17(22-14(2)23-18)19(24)20-12-16-9-6-10-25-16/h3-5,7-8,11,13,16H,6,9-10,12H2,1-2H3,(H,20,24)(H,21,22,23). The van der Waals surface area contributed by atoms with Crippen molar-refractivity contribution < 1.29 is 9.53 Å². The molecule has 0 saturated carbocycles. The third kappa shape index (κ3) is 4.76. The highest BCUT2D eigenvalue weighted by Crippen LogP contribution is 2.18. The Kier molecular flexibility index (Phi) is 5.60. The molecule has 1 fully saturated rings. The Bertz CT molecular complexity index is 715. The summed E-state index contributed by atoms with van der Waals surface area (Å²) >= 11 is 0. The fourth-order valence-corrected chi connectivity index (χ4v) is 2.91. The fraction of sp³-hybridized carbons (Fsp3) is 0.421. The number of anilines is 1. The molecule has 2 aromatic rings. The van der Waals surface area contributed by atoms with E-state index in [4.69, 9.17) is 4.74 Å². The maximum Gasteiger partial charge on any atom is 0.270 e. The summed E-state index contributed by atoms with van der Waals surface area (Å²) in [7, 11) is 0. The topological polar surface area (TPSA) is 76.1 Å². The zero-order valence-corrected chi connectivity index (χ0v) is 14.7. The van der Waals surface area contributed by atoms with Gasteiger partial charge in [0.1, 0.15) is 17.3 Å². The molecule has 3 rings (SSSR count). The highest BCUT2D eigenvalue weighted by atomic mass is 16.5. The lowest BCUT2D eigenvalue weighted by Crippen LogP contribution is -2.32. The second-order valence-corrected chi connectivity index (χ2v) is 6.31. The van der Waals surface area contributed by atoms with Gasteiger partial charge in [0, 0.05) is 25.3 Å². The van der Waals surface area contributed by atoms with Gasteiger partial charge < -0.3 is 15.4 Å². The van der Waals surface area contributed by atoms with Crippen LogP contribution in [0.25, 0.3) is 0 Å². The number of carbonyl (C=O) groups excluding carboxylic acids is 1. The molecule has 2 heterocycles. The minimum absolute atomic E-state index is 0.0818. The Labute approximate surface area is 148 Å². The molecular weight excluding hydrogens is 316 g/mol. The van der Waals surface area contributed by atoms with Crippen molar-refractivity contribution in [3.63, 3.8) is 0 Å². The van der Waals surface area contributed by atoms with Crippen LogP contribution in [0.4, 0.5) is 5.82 Å². The normalized spacial score (nSPS) is 17.9. The molecule has 6 nitrogen and oxygen atoms in total. The van der Waals surface area contributed by atoms with Crippen molar-refractivity contribution in [1.82, 2.24) is 15.3 Å². The quantitative estimate of drug-likeness (QED) is 0.846. The van der Waals surface area contributed by atoms with E-state index in [0.717, 1.165) is 25.0 Å². The summed E-state index contributed by atoms with van der Waals surface area (Å²) in [4.78, 5) is 21.0. The summed E-state index contributed by atoms with van der Waals surface area (Å²) in [5.41, 5.74) is 1.52. The Morgan fingerprint density at radius 1 is 1.32 bits per heavy atom. The first kappa shape index (κ1) is 17.4. The molecule has 2 unspecified atom stereocenters. The molecule has 1 aliphatic heterocycles. The number of nitrogens with zero attached hydrogens (tertiary/aromatic N) is 2. The molecule has 1 aromatic heterocycles. The highest BCUT2D eigenvalue weighted by Gasteiger charge is 2.18. The molecule has 2 atom stereocenters. The van der Waals surface area contributed by atoms with Gasteiger partial charge in [0.25, 0.3) is 5.91 Å². The summed E-state index contributed by atoms with van der Waals surface area (Å²) in [6, 6.07) is 11.9.